The highest BCUT2D eigenvalue weighted by molar-refractivity contribution is 5.97. The zero-order valence-corrected chi connectivity index (χ0v) is 12.5. The number of ether oxygens (including phenoxy) is 3. The Kier molecular flexibility index (Phi) is 4.82. The van der Waals surface area contributed by atoms with Crippen molar-refractivity contribution in [3.63, 3.8) is 0 Å². The molecule has 2 unspecified atom stereocenters. The summed E-state index contributed by atoms with van der Waals surface area (Å²) in [4.78, 5) is 23.3. The molecular weight excluding hydrogens is 288 g/mol. The van der Waals surface area contributed by atoms with Gasteiger partial charge in [0.05, 0.1) is 24.8 Å². The Morgan fingerprint density at radius 3 is 2.91 bits per heavy atom. The molecule has 0 aliphatic carbocycles. The van der Waals surface area contributed by atoms with Crippen molar-refractivity contribution >= 4 is 12.3 Å². The molecule has 0 aromatic heterocycles. The maximum Gasteiger partial charge on any atom is 0.340 e. The minimum atomic E-state index is -1.27. The van der Waals surface area contributed by atoms with E-state index >= 15 is 0 Å². The molecule has 0 radical (unpaired) electrons. The number of carbonyl (C=O) groups is 2. The second-order valence-electron chi connectivity index (χ2n) is 5.05. The third kappa shape index (κ3) is 2.96. The van der Waals surface area contributed by atoms with Crippen LogP contribution in [-0.2, 0) is 11.2 Å². The molecule has 2 atom stereocenters. The van der Waals surface area contributed by atoms with Crippen molar-refractivity contribution in [3.8, 4) is 11.5 Å². The summed E-state index contributed by atoms with van der Waals surface area (Å²) < 4.78 is 15.7. The van der Waals surface area contributed by atoms with Crippen LogP contribution in [-0.4, -0.2) is 37.4 Å². The van der Waals surface area contributed by atoms with Gasteiger partial charge in [0.2, 0.25) is 6.29 Å². The molecule has 2 rings (SSSR count). The molecule has 1 N–H and O–H groups in total. The number of hydrogen-bond acceptors (Lipinski definition) is 6. The zero-order valence-electron chi connectivity index (χ0n) is 12.5. The minimum absolute atomic E-state index is 0.0366. The average molecular weight is 306 g/mol. The first-order valence-electron chi connectivity index (χ1n) is 6.85. The molecule has 0 saturated heterocycles. The molecule has 1 aliphatic rings. The van der Waals surface area contributed by atoms with Gasteiger partial charge in [-0.3, -0.25) is 4.79 Å². The lowest BCUT2D eigenvalue weighted by Gasteiger charge is -2.24. The topological polar surface area (TPSA) is 82.1 Å². The lowest BCUT2D eigenvalue weighted by molar-refractivity contribution is -0.0688. The molecule has 1 aromatic carbocycles. The van der Waals surface area contributed by atoms with Crippen molar-refractivity contribution in [2.24, 2.45) is 5.92 Å². The monoisotopic (exact) mass is 306 g/mol. The van der Waals surface area contributed by atoms with Crippen LogP contribution in [0.5, 0.6) is 11.5 Å². The molecule has 0 fully saturated rings. The van der Waals surface area contributed by atoms with Crippen LogP contribution in [0.2, 0.25) is 0 Å². The number of cyclic esters (lactones) is 1. The molecule has 6 heteroatoms. The van der Waals surface area contributed by atoms with Gasteiger partial charge in [-0.2, -0.15) is 0 Å². The first-order valence-corrected chi connectivity index (χ1v) is 6.85. The van der Waals surface area contributed by atoms with Crippen molar-refractivity contribution in [3.05, 3.63) is 35.4 Å². The van der Waals surface area contributed by atoms with E-state index in [0.29, 0.717) is 18.5 Å². The van der Waals surface area contributed by atoms with E-state index in [9.17, 15) is 14.7 Å². The van der Waals surface area contributed by atoms with Gasteiger partial charge >= 0.3 is 5.97 Å². The van der Waals surface area contributed by atoms with Gasteiger partial charge in [-0.15, -0.1) is 6.58 Å². The van der Waals surface area contributed by atoms with Gasteiger partial charge in [-0.05, 0) is 11.6 Å². The fourth-order valence-electron chi connectivity index (χ4n) is 2.24. The summed E-state index contributed by atoms with van der Waals surface area (Å²) in [5.41, 5.74) is 0.797. The SMILES string of the molecule is C=CC(C)COc1cc2c(c(C=O)c1OC)CC(O)OC2=O. The molecule has 6 nitrogen and oxygen atoms in total. The van der Waals surface area contributed by atoms with Crippen molar-refractivity contribution in [2.75, 3.05) is 13.7 Å². The van der Waals surface area contributed by atoms with Gasteiger partial charge in [0.15, 0.2) is 17.8 Å². The summed E-state index contributed by atoms with van der Waals surface area (Å²) in [6.45, 7) is 5.92. The summed E-state index contributed by atoms with van der Waals surface area (Å²) in [6, 6.07) is 1.48. The summed E-state index contributed by atoms with van der Waals surface area (Å²) in [5, 5.41) is 9.55. The molecular formula is C16H18O6. The molecule has 0 saturated carbocycles. The summed E-state index contributed by atoms with van der Waals surface area (Å²) in [6.07, 6.45) is 1.09. The number of aldehydes is 1. The molecule has 0 spiro atoms. The second-order valence-corrected chi connectivity index (χ2v) is 5.05. The van der Waals surface area contributed by atoms with Gasteiger partial charge in [-0.1, -0.05) is 13.0 Å². The highest BCUT2D eigenvalue weighted by atomic mass is 16.6. The second kappa shape index (κ2) is 6.62. The largest absolute Gasteiger partial charge is 0.492 e. The van der Waals surface area contributed by atoms with Crippen LogP contribution in [0, 0.1) is 5.92 Å². The van der Waals surface area contributed by atoms with E-state index < -0.39 is 12.3 Å². The maximum atomic E-state index is 11.9. The average Bonchev–Trinajstić information content (AvgIpc) is 2.51. The quantitative estimate of drug-likeness (QED) is 0.490. The zero-order chi connectivity index (χ0) is 16.3. The van der Waals surface area contributed by atoms with Crippen molar-refractivity contribution in [1.29, 1.82) is 0 Å². The lowest BCUT2D eigenvalue weighted by atomic mass is 9.95. The van der Waals surface area contributed by atoms with Gasteiger partial charge in [0.1, 0.15) is 0 Å². The van der Waals surface area contributed by atoms with Crippen LogP contribution in [0.1, 0.15) is 33.2 Å². The Balaban J connectivity index is 2.50. The molecule has 1 heterocycles. The third-order valence-electron chi connectivity index (χ3n) is 3.46. The summed E-state index contributed by atoms with van der Waals surface area (Å²) in [5.74, 6) is -0.0763. The van der Waals surface area contributed by atoms with Crippen molar-refractivity contribution < 1.29 is 28.9 Å². The summed E-state index contributed by atoms with van der Waals surface area (Å²) in [7, 11) is 1.41. The van der Waals surface area contributed by atoms with Crippen LogP contribution in [0.25, 0.3) is 0 Å². The number of esters is 1. The Labute approximate surface area is 128 Å². The molecule has 1 aromatic rings. The van der Waals surface area contributed by atoms with Crippen LogP contribution in [0.15, 0.2) is 18.7 Å². The Hall–Kier alpha value is -2.34. The van der Waals surface area contributed by atoms with E-state index in [1.165, 1.54) is 13.2 Å². The number of methoxy groups -OCH3 is 1. The van der Waals surface area contributed by atoms with Crippen LogP contribution in [0.3, 0.4) is 0 Å². The number of carbonyl (C=O) groups excluding carboxylic acids is 2. The number of benzene rings is 1. The van der Waals surface area contributed by atoms with E-state index in [2.05, 4.69) is 6.58 Å². The fraction of sp³-hybridized carbons (Fsp3) is 0.375. The fourth-order valence-corrected chi connectivity index (χ4v) is 2.24. The van der Waals surface area contributed by atoms with E-state index in [-0.39, 0.29) is 35.0 Å². The Morgan fingerprint density at radius 1 is 1.59 bits per heavy atom. The molecule has 0 bridgehead atoms. The summed E-state index contributed by atoms with van der Waals surface area (Å²) >= 11 is 0. The predicted molar refractivity (Wildman–Crippen MR) is 78.4 cm³/mol. The number of rotatable bonds is 6. The van der Waals surface area contributed by atoms with Crippen molar-refractivity contribution in [2.45, 2.75) is 19.6 Å². The van der Waals surface area contributed by atoms with E-state index in [1.54, 1.807) is 6.08 Å². The number of fused-ring (bicyclic) bond motifs is 1. The number of aliphatic hydroxyl groups excluding tert-OH is 1. The predicted octanol–water partition coefficient (Wildman–Crippen LogP) is 1.74. The first-order chi connectivity index (χ1) is 10.5. The smallest absolute Gasteiger partial charge is 0.340 e. The number of aliphatic hydroxyl groups is 1. The molecule has 22 heavy (non-hydrogen) atoms. The Morgan fingerprint density at radius 2 is 2.32 bits per heavy atom. The minimum Gasteiger partial charge on any atom is -0.492 e. The van der Waals surface area contributed by atoms with E-state index in [4.69, 9.17) is 14.2 Å². The van der Waals surface area contributed by atoms with Crippen LogP contribution >= 0.6 is 0 Å². The van der Waals surface area contributed by atoms with Gasteiger partial charge < -0.3 is 19.3 Å². The van der Waals surface area contributed by atoms with Crippen LogP contribution in [0.4, 0.5) is 0 Å². The molecule has 1 aliphatic heterocycles. The maximum absolute atomic E-state index is 11.9. The van der Waals surface area contributed by atoms with E-state index in [0.717, 1.165) is 0 Å². The Bertz CT molecular complexity index is 607. The standard InChI is InChI=1S/C16H18O6/c1-4-9(2)8-21-13-5-11-10(6-14(18)22-16(11)19)12(7-17)15(13)20-3/h4-5,7,9,14,18H,1,6,8H2,2-3H3. The van der Waals surface area contributed by atoms with Gasteiger partial charge in [0, 0.05) is 12.3 Å². The van der Waals surface area contributed by atoms with Gasteiger partial charge in [-0.25, -0.2) is 4.79 Å². The molecule has 118 valence electrons. The van der Waals surface area contributed by atoms with Crippen molar-refractivity contribution in [1.82, 2.24) is 0 Å². The van der Waals surface area contributed by atoms with Gasteiger partial charge in [0.25, 0.3) is 0 Å². The normalized spacial score (nSPS) is 18.0. The lowest BCUT2D eigenvalue weighted by Crippen LogP contribution is -2.28. The third-order valence-corrected chi connectivity index (χ3v) is 3.46. The van der Waals surface area contributed by atoms with E-state index in [1.807, 2.05) is 6.92 Å². The first kappa shape index (κ1) is 16.0. The van der Waals surface area contributed by atoms with Crippen LogP contribution < -0.4 is 9.47 Å². The highest BCUT2D eigenvalue weighted by Crippen LogP contribution is 2.38. The molecule has 0 amide bonds. The number of hydrogen-bond donors (Lipinski definition) is 1. The highest BCUT2D eigenvalue weighted by Gasteiger charge is 2.31.